The SMILES string of the molecule is COc1ccc(SCCC(=O)N2CC(CN)CC2C)cc1OC.Cl. The van der Waals surface area contributed by atoms with E-state index < -0.39 is 0 Å². The first-order valence-electron chi connectivity index (χ1n) is 7.93. The summed E-state index contributed by atoms with van der Waals surface area (Å²) in [5.41, 5.74) is 5.72. The molecule has 7 heteroatoms. The van der Waals surface area contributed by atoms with E-state index in [1.54, 1.807) is 26.0 Å². The number of carbonyl (C=O) groups excluding carboxylic acids is 1. The van der Waals surface area contributed by atoms with Crippen LogP contribution in [0.3, 0.4) is 0 Å². The van der Waals surface area contributed by atoms with Crippen molar-refractivity contribution in [3.8, 4) is 11.5 Å². The fraction of sp³-hybridized carbons (Fsp3) is 0.588. The number of rotatable bonds is 7. The second-order valence-corrected chi connectivity index (χ2v) is 7.02. The quantitative estimate of drug-likeness (QED) is 0.743. The number of carbonyl (C=O) groups is 1. The Balaban J connectivity index is 0.00000288. The maximum absolute atomic E-state index is 12.4. The molecule has 1 heterocycles. The Labute approximate surface area is 154 Å². The summed E-state index contributed by atoms with van der Waals surface area (Å²) >= 11 is 1.66. The number of nitrogens with zero attached hydrogens (tertiary/aromatic N) is 1. The van der Waals surface area contributed by atoms with Gasteiger partial charge in [0.1, 0.15) is 0 Å². The van der Waals surface area contributed by atoms with Crippen LogP contribution in [0.1, 0.15) is 19.8 Å². The summed E-state index contributed by atoms with van der Waals surface area (Å²) in [5, 5.41) is 0. The van der Waals surface area contributed by atoms with Crippen LogP contribution in [0.25, 0.3) is 0 Å². The van der Waals surface area contributed by atoms with Crippen molar-refractivity contribution < 1.29 is 14.3 Å². The summed E-state index contributed by atoms with van der Waals surface area (Å²) in [6.45, 7) is 3.57. The van der Waals surface area contributed by atoms with Gasteiger partial charge in [-0.3, -0.25) is 4.79 Å². The third kappa shape index (κ3) is 5.19. The Kier molecular flexibility index (Phi) is 8.73. The van der Waals surface area contributed by atoms with Crippen LogP contribution in [0.5, 0.6) is 11.5 Å². The second-order valence-electron chi connectivity index (χ2n) is 5.85. The van der Waals surface area contributed by atoms with E-state index in [1.807, 2.05) is 23.1 Å². The molecule has 0 aromatic heterocycles. The highest BCUT2D eigenvalue weighted by molar-refractivity contribution is 7.99. The lowest BCUT2D eigenvalue weighted by atomic mass is 10.1. The lowest BCUT2D eigenvalue weighted by molar-refractivity contribution is -0.131. The maximum Gasteiger partial charge on any atom is 0.223 e. The summed E-state index contributed by atoms with van der Waals surface area (Å²) in [6, 6.07) is 6.12. The smallest absolute Gasteiger partial charge is 0.223 e. The van der Waals surface area contributed by atoms with Crippen LogP contribution >= 0.6 is 24.2 Å². The average molecular weight is 375 g/mol. The minimum atomic E-state index is 0. The van der Waals surface area contributed by atoms with E-state index in [9.17, 15) is 4.79 Å². The number of benzene rings is 1. The van der Waals surface area contributed by atoms with Gasteiger partial charge in [0, 0.05) is 29.7 Å². The number of nitrogens with two attached hydrogens (primary N) is 1. The van der Waals surface area contributed by atoms with Crippen molar-refractivity contribution in [3.63, 3.8) is 0 Å². The highest BCUT2D eigenvalue weighted by Gasteiger charge is 2.30. The highest BCUT2D eigenvalue weighted by atomic mass is 35.5. The molecule has 2 N–H and O–H groups in total. The Morgan fingerprint density at radius 3 is 2.62 bits per heavy atom. The number of hydrogen-bond donors (Lipinski definition) is 1. The predicted octanol–water partition coefficient (Wildman–Crippen LogP) is 2.80. The third-order valence-corrected chi connectivity index (χ3v) is 5.25. The molecule has 0 bridgehead atoms. The fourth-order valence-corrected chi connectivity index (χ4v) is 3.83. The van der Waals surface area contributed by atoms with Gasteiger partial charge in [-0.25, -0.2) is 0 Å². The number of halogens is 1. The first-order valence-corrected chi connectivity index (χ1v) is 8.92. The molecule has 1 aromatic rings. The molecule has 2 rings (SSSR count). The van der Waals surface area contributed by atoms with E-state index in [1.165, 1.54) is 0 Å². The van der Waals surface area contributed by atoms with Gasteiger partial charge in [-0.1, -0.05) is 0 Å². The normalized spacial score (nSPS) is 19.8. The number of thioether (sulfide) groups is 1. The first kappa shape index (κ1) is 20.9. The molecule has 1 saturated heterocycles. The van der Waals surface area contributed by atoms with Crippen molar-refractivity contribution in [1.29, 1.82) is 0 Å². The van der Waals surface area contributed by atoms with Crippen molar-refractivity contribution >= 4 is 30.1 Å². The average Bonchev–Trinajstić information content (AvgIpc) is 2.95. The minimum absolute atomic E-state index is 0. The summed E-state index contributed by atoms with van der Waals surface area (Å²) in [5.74, 6) is 2.86. The van der Waals surface area contributed by atoms with E-state index in [4.69, 9.17) is 15.2 Å². The van der Waals surface area contributed by atoms with Crippen molar-refractivity contribution in [1.82, 2.24) is 4.90 Å². The standard InChI is InChI=1S/C17H26N2O3S.ClH/c1-12-8-13(10-18)11-19(12)17(20)6-7-23-14-4-5-15(21-2)16(9-14)22-3;/h4-5,9,12-13H,6-8,10-11,18H2,1-3H3;1H. The number of hydrogen-bond acceptors (Lipinski definition) is 5. The van der Waals surface area contributed by atoms with Gasteiger partial charge in [0.05, 0.1) is 14.2 Å². The van der Waals surface area contributed by atoms with Crippen LogP contribution in [0, 0.1) is 5.92 Å². The molecule has 1 fully saturated rings. The minimum Gasteiger partial charge on any atom is -0.493 e. The maximum atomic E-state index is 12.4. The molecule has 2 atom stereocenters. The molecule has 1 aliphatic rings. The summed E-state index contributed by atoms with van der Waals surface area (Å²) in [4.78, 5) is 15.4. The molecule has 24 heavy (non-hydrogen) atoms. The monoisotopic (exact) mass is 374 g/mol. The number of amides is 1. The molecular formula is C17H27ClN2O3S. The zero-order valence-electron chi connectivity index (χ0n) is 14.5. The molecule has 0 saturated carbocycles. The van der Waals surface area contributed by atoms with Crippen LogP contribution in [0.4, 0.5) is 0 Å². The van der Waals surface area contributed by atoms with E-state index in [-0.39, 0.29) is 18.3 Å². The Morgan fingerprint density at radius 1 is 1.33 bits per heavy atom. The molecule has 1 amide bonds. The number of ether oxygens (including phenoxy) is 2. The van der Waals surface area contributed by atoms with Crippen LogP contribution < -0.4 is 15.2 Å². The van der Waals surface area contributed by atoms with Crippen LogP contribution in [-0.2, 0) is 4.79 Å². The zero-order valence-corrected chi connectivity index (χ0v) is 16.1. The van der Waals surface area contributed by atoms with Crippen molar-refractivity contribution in [3.05, 3.63) is 18.2 Å². The van der Waals surface area contributed by atoms with E-state index >= 15 is 0 Å². The van der Waals surface area contributed by atoms with Crippen LogP contribution in [-0.4, -0.2) is 49.9 Å². The summed E-state index contributed by atoms with van der Waals surface area (Å²) in [7, 11) is 3.24. The molecule has 2 unspecified atom stereocenters. The van der Waals surface area contributed by atoms with E-state index in [2.05, 4.69) is 6.92 Å². The van der Waals surface area contributed by atoms with Gasteiger partial charge in [-0.15, -0.1) is 24.2 Å². The molecule has 1 aromatic carbocycles. The zero-order chi connectivity index (χ0) is 16.8. The van der Waals surface area contributed by atoms with Gasteiger partial charge >= 0.3 is 0 Å². The third-order valence-electron chi connectivity index (χ3n) is 4.25. The Hall–Kier alpha value is -1.11. The lowest BCUT2D eigenvalue weighted by Crippen LogP contribution is -2.34. The van der Waals surface area contributed by atoms with Crippen molar-refractivity contribution in [2.24, 2.45) is 11.7 Å². The topological polar surface area (TPSA) is 64.8 Å². The molecule has 136 valence electrons. The molecule has 5 nitrogen and oxygen atoms in total. The summed E-state index contributed by atoms with van der Waals surface area (Å²) in [6.07, 6.45) is 1.56. The Morgan fingerprint density at radius 2 is 2.04 bits per heavy atom. The number of methoxy groups -OCH3 is 2. The van der Waals surface area contributed by atoms with Gasteiger partial charge in [0.2, 0.25) is 5.91 Å². The van der Waals surface area contributed by atoms with Crippen LogP contribution in [0.15, 0.2) is 23.1 Å². The molecule has 0 spiro atoms. The predicted molar refractivity (Wildman–Crippen MR) is 100 cm³/mol. The van der Waals surface area contributed by atoms with E-state index in [0.29, 0.717) is 36.4 Å². The van der Waals surface area contributed by atoms with Gasteiger partial charge in [0.25, 0.3) is 0 Å². The fourth-order valence-electron chi connectivity index (χ4n) is 2.97. The number of likely N-dealkylation sites (tertiary alicyclic amines) is 1. The Bertz CT molecular complexity index is 545. The highest BCUT2D eigenvalue weighted by Crippen LogP contribution is 2.32. The van der Waals surface area contributed by atoms with Gasteiger partial charge in [-0.05, 0) is 44.0 Å². The van der Waals surface area contributed by atoms with Crippen molar-refractivity contribution in [2.45, 2.75) is 30.7 Å². The molecular weight excluding hydrogens is 348 g/mol. The van der Waals surface area contributed by atoms with Gasteiger partial charge in [-0.2, -0.15) is 0 Å². The van der Waals surface area contributed by atoms with Gasteiger partial charge < -0.3 is 20.1 Å². The molecule has 1 aliphatic heterocycles. The van der Waals surface area contributed by atoms with Gasteiger partial charge in [0.15, 0.2) is 11.5 Å². The largest absolute Gasteiger partial charge is 0.493 e. The molecule has 0 radical (unpaired) electrons. The summed E-state index contributed by atoms with van der Waals surface area (Å²) < 4.78 is 10.5. The van der Waals surface area contributed by atoms with Crippen molar-refractivity contribution in [2.75, 3.05) is 33.1 Å². The van der Waals surface area contributed by atoms with Crippen LogP contribution in [0.2, 0.25) is 0 Å². The first-order chi connectivity index (χ1) is 11.1. The molecule has 0 aliphatic carbocycles. The van der Waals surface area contributed by atoms with E-state index in [0.717, 1.165) is 23.6 Å². The second kappa shape index (κ2) is 10.0. The lowest BCUT2D eigenvalue weighted by Gasteiger charge is -2.21.